The molecule has 0 atom stereocenters. The summed E-state index contributed by atoms with van der Waals surface area (Å²) in [6, 6.07) is 5.52. The number of rotatable bonds is 4. The number of hydrogen-bond acceptors (Lipinski definition) is 4. The fourth-order valence-corrected chi connectivity index (χ4v) is 2.56. The Morgan fingerprint density at radius 3 is 2.90 bits per heavy atom. The third kappa shape index (κ3) is 3.58. The third-order valence-electron chi connectivity index (χ3n) is 3.81. The van der Waals surface area contributed by atoms with Crippen LogP contribution in [0.1, 0.15) is 18.4 Å². The minimum absolute atomic E-state index is 0.155. The van der Waals surface area contributed by atoms with Crippen LogP contribution in [0.3, 0.4) is 0 Å². The van der Waals surface area contributed by atoms with Gasteiger partial charge in [0.1, 0.15) is 0 Å². The molecule has 1 fully saturated rings. The summed E-state index contributed by atoms with van der Waals surface area (Å²) in [4.78, 5) is 11.8. The van der Waals surface area contributed by atoms with Crippen LogP contribution in [0, 0.1) is 5.92 Å². The van der Waals surface area contributed by atoms with E-state index in [1.165, 1.54) is 0 Å². The van der Waals surface area contributed by atoms with Crippen LogP contribution >= 0.6 is 0 Å². The average Bonchev–Trinajstić information content (AvgIpc) is 3.01. The molecule has 2 amide bonds. The molecule has 6 nitrogen and oxygen atoms in total. The van der Waals surface area contributed by atoms with Crippen molar-refractivity contribution in [2.75, 3.05) is 26.6 Å². The monoisotopic (exact) mass is 292 g/mol. The van der Waals surface area contributed by atoms with Crippen LogP contribution in [0.2, 0.25) is 0 Å². The van der Waals surface area contributed by atoms with Crippen LogP contribution in [-0.4, -0.2) is 32.6 Å². The Kier molecular flexibility index (Phi) is 4.45. The number of carbonyl (C=O) groups is 1. The van der Waals surface area contributed by atoms with E-state index in [1.807, 2.05) is 18.2 Å². The zero-order valence-electron chi connectivity index (χ0n) is 11.9. The Balaban J connectivity index is 1.44. The molecule has 2 aliphatic rings. The van der Waals surface area contributed by atoms with E-state index in [2.05, 4.69) is 10.6 Å². The minimum Gasteiger partial charge on any atom is -0.454 e. The van der Waals surface area contributed by atoms with Crippen LogP contribution in [0.5, 0.6) is 11.5 Å². The van der Waals surface area contributed by atoms with Crippen LogP contribution in [-0.2, 0) is 11.3 Å². The Bertz CT molecular complexity index is 500. The lowest BCUT2D eigenvalue weighted by atomic mass is 10.0. The maximum Gasteiger partial charge on any atom is 0.315 e. The highest BCUT2D eigenvalue weighted by Gasteiger charge is 2.18. The summed E-state index contributed by atoms with van der Waals surface area (Å²) in [6.07, 6.45) is 2.02. The van der Waals surface area contributed by atoms with Crippen LogP contribution < -0.4 is 20.1 Å². The molecule has 0 spiro atoms. The molecule has 21 heavy (non-hydrogen) atoms. The van der Waals surface area contributed by atoms with Crippen LogP contribution in [0.15, 0.2) is 18.2 Å². The predicted octanol–water partition coefficient (Wildman–Crippen LogP) is 1.64. The van der Waals surface area contributed by atoms with Crippen molar-refractivity contribution in [1.29, 1.82) is 0 Å². The molecule has 1 saturated heterocycles. The highest BCUT2D eigenvalue weighted by molar-refractivity contribution is 5.74. The fourth-order valence-electron chi connectivity index (χ4n) is 2.56. The van der Waals surface area contributed by atoms with Crippen molar-refractivity contribution in [1.82, 2.24) is 10.6 Å². The Morgan fingerprint density at radius 1 is 1.19 bits per heavy atom. The largest absolute Gasteiger partial charge is 0.454 e. The second-order valence-corrected chi connectivity index (χ2v) is 5.27. The molecular formula is C15H20N2O4. The number of fused-ring (bicyclic) bond motifs is 1. The van der Waals surface area contributed by atoms with E-state index in [9.17, 15) is 4.79 Å². The van der Waals surface area contributed by atoms with E-state index in [0.717, 1.165) is 43.1 Å². The van der Waals surface area contributed by atoms with Gasteiger partial charge in [0.15, 0.2) is 11.5 Å². The van der Waals surface area contributed by atoms with Gasteiger partial charge in [0.05, 0.1) is 0 Å². The molecule has 2 aliphatic heterocycles. The first-order valence-corrected chi connectivity index (χ1v) is 7.30. The highest BCUT2D eigenvalue weighted by atomic mass is 16.7. The molecule has 0 unspecified atom stereocenters. The normalized spacial score (nSPS) is 17.5. The van der Waals surface area contributed by atoms with Gasteiger partial charge < -0.3 is 24.8 Å². The van der Waals surface area contributed by atoms with Crippen molar-refractivity contribution in [3.63, 3.8) is 0 Å². The van der Waals surface area contributed by atoms with E-state index in [0.29, 0.717) is 19.0 Å². The molecule has 2 N–H and O–H groups in total. The van der Waals surface area contributed by atoms with Gasteiger partial charge in [-0.1, -0.05) is 12.1 Å². The summed E-state index contributed by atoms with van der Waals surface area (Å²) in [6.45, 7) is 2.94. The van der Waals surface area contributed by atoms with Gasteiger partial charge in [-0.2, -0.15) is 0 Å². The van der Waals surface area contributed by atoms with Crippen molar-refractivity contribution >= 4 is 6.03 Å². The number of ether oxygens (including phenoxy) is 3. The third-order valence-corrected chi connectivity index (χ3v) is 3.81. The predicted molar refractivity (Wildman–Crippen MR) is 76.3 cm³/mol. The average molecular weight is 292 g/mol. The summed E-state index contributed by atoms with van der Waals surface area (Å²) in [7, 11) is 0. The summed E-state index contributed by atoms with van der Waals surface area (Å²) in [5.74, 6) is 1.97. The summed E-state index contributed by atoms with van der Waals surface area (Å²) in [5, 5.41) is 5.76. The van der Waals surface area contributed by atoms with Gasteiger partial charge in [0, 0.05) is 31.9 Å². The van der Waals surface area contributed by atoms with Gasteiger partial charge in [-0.05, 0) is 24.8 Å². The lowest BCUT2D eigenvalue weighted by molar-refractivity contribution is 0.0669. The van der Waals surface area contributed by atoms with E-state index in [1.54, 1.807) is 0 Å². The Morgan fingerprint density at radius 2 is 2.05 bits per heavy atom. The number of nitrogens with one attached hydrogen (secondary N) is 2. The number of amides is 2. The van der Waals surface area contributed by atoms with Gasteiger partial charge in [-0.15, -0.1) is 0 Å². The zero-order chi connectivity index (χ0) is 14.5. The maximum atomic E-state index is 11.8. The van der Waals surface area contributed by atoms with Crippen LogP contribution in [0.4, 0.5) is 4.79 Å². The number of hydrogen-bond donors (Lipinski definition) is 2. The van der Waals surface area contributed by atoms with Crippen LogP contribution in [0.25, 0.3) is 0 Å². The molecule has 1 aromatic rings. The summed E-state index contributed by atoms with van der Waals surface area (Å²) < 4.78 is 16.0. The second kappa shape index (κ2) is 6.67. The van der Waals surface area contributed by atoms with E-state index < -0.39 is 0 Å². The van der Waals surface area contributed by atoms with Crippen molar-refractivity contribution in [2.24, 2.45) is 5.92 Å². The Labute approximate surface area is 123 Å². The molecule has 0 bridgehead atoms. The molecule has 0 radical (unpaired) electrons. The first-order valence-electron chi connectivity index (χ1n) is 7.30. The standard InChI is InChI=1S/C15H20N2O4/c18-15(16-8-11-4-6-19-7-5-11)17-9-12-2-1-3-13-14(12)21-10-20-13/h1-3,11H,4-10H2,(H2,16,17,18). The topological polar surface area (TPSA) is 68.8 Å². The molecule has 0 aromatic heterocycles. The van der Waals surface area contributed by atoms with Gasteiger partial charge in [-0.3, -0.25) is 0 Å². The first kappa shape index (κ1) is 14.0. The zero-order valence-corrected chi connectivity index (χ0v) is 11.9. The Hall–Kier alpha value is -1.95. The molecule has 114 valence electrons. The van der Waals surface area contributed by atoms with E-state index >= 15 is 0 Å². The van der Waals surface area contributed by atoms with Gasteiger partial charge >= 0.3 is 6.03 Å². The summed E-state index contributed by atoms with van der Waals surface area (Å²) in [5.41, 5.74) is 0.922. The first-order chi connectivity index (χ1) is 10.3. The molecule has 1 aromatic carbocycles. The molecule has 2 heterocycles. The van der Waals surface area contributed by atoms with Crippen molar-refractivity contribution in [3.05, 3.63) is 23.8 Å². The lowest BCUT2D eigenvalue weighted by Crippen LogP contribution is -2.39. The number of benzene rings is 1. The lowest BCUT2D eigenvalue weighted by Gasteiger charge is -2.22. The fraction of sp³-hybridized carbons (Fsp3) is 0.533. The van der Waals surface area contributed by atoms with Crippen molar-refractivity contribution in [2.45, 2.75) is 19.4 Å². The maximum absolute atomic E-state index is 11.8. The van der Waals surface area contributed by atoms with Gasteiger partial charge in [-0.25, -0.2) is 4.79 Å². The molecular weight excluding hydrogens is 272 g/mol. The van der Waals surface area contributed by atoms with Gasteiger partial charge in [0.2, 0.25) is 6.79 Å². The highest BCUT2D eigenvalue weighted by Crippen LogP contribution is 2.35. The molecule has 0 aliphatic carbocycles. The van der Waals surface area contributed by atoms with Crippen molar-refractivity contribution < 1.29 is 19.0 Å². The number of carbonyl (C=O) groups excluding carboxylic acids is 1. The number of urea groups is 1. The van der Waals surface area contributed by atoms with Gasteiger partial charge in [0.25, 0.3) is 0 Å². The van der Waals surface area contributed by atoms with Crippen molar-refractivity contribution in [3.8, 4) is 11.5 Å². The SMILES string of the molecule is O=C(NCc1cccc2c1OCO2)NCC1CCOCC1. The van der Waals surface area contributed by atoms with E-state index in [4.69, 9.17) is 14.2 Å². The molecule has 3 rings (SSSR count). The quantitative estimate of drug-likeness (QED) is 0.885. The smallest absolute Gasteiger partial charge is 0.315 e. The summed E-state index contributed by atoms with van der Waals surface area (Å²) >= 11 is 0. The molecule has 0 saturated carbocycles. The minimum atomic E-state index is -0.155. The van der Waals surface area contributed by atoms with E-state index in [-0.39, 0.29) is 12.8 Å². The molecule has 6 heteroatoms. The number of para-hydroxylation sites is 1. The second-order valence-electron chi connectivity index (χ2n) is 5.27.